The summed E-state index contributed by atoms with van der Waals surface area (Å²) in [5, 5.41) is 11.6. The Labute approximate surface area is 190 Å². The van der Waals surface area contributed by atoms with E-state index in [1.54, 1.807) is 29.8 Å². The molecule has 0 atom stereocenters. The van der Waals surface area contributed by atoms with Crippen molar-refractivity contribution in [3.05, 3.63) is 108 Å². The zero-order chi connectivity index (χ0) is 21.8. The van der Waals surface area contributed by atoms with Crippen molar-refractivity contribution in [2.75, 3.05) is 0 Å². The zero-order valence-corrected chi connectivity index (χ0v) is 18.2. The molecule has 3 heterocycles. The second-order valence-electron chi connectivity index (χ2n) is 7.62. The Kier molecular flexibility index (Phi) is 5.87. The van der Waals surface area contributed by atoms with E-state index in [-0.39, 0.29) is 5.75 Å². The standard InChI is InChI=1S/C26H22N4OS/c31-24-12-11-19(26-29-23-9-1-2-10-25(23)32-26)15-20(24)16-30(17-21-7-3-5-13-27-21)18-22-8-4-6-14-28-22/h1-15,31H,16-18H2. The summed E-state index contributed by atoms with van der Waals surface area (Å²) in [7, 11) is 0. The van der Waals surface area contributed by atoms with Gasteiger partial charge in [-0.15, -0.1) is 11.3 Å². The molecule has 0 radical (unpaired) electrons. The molecule has 32 heavy (non-hydrogen) atoms. The number of aromatic hydroxyl groups is 1. The van der Waals surface area contributed by atoms with E-state index in [1.807, 2.05) is 66.7 Å². The Morgan fingerprint density at radius 3 is 2.09 bits per heavy atom. The molecule has 158 valence electrons. The van der Waals surface area contributed by atoms with Gasteiger partial charge in [-0.25, -0.2) is 4.98 Å². The predicted molar refractivity (Wildman–Crippen MR) is 128 cm³/mol. The van der Waals surface area contributed by atoms with E-state index in [9.17, 15) is 5.11 Å². The summed E-state index contributed by atoms with van der Waals surface area (Å²) in [5.41, 5.74) is 4.81. The molecule has 0 bridgehead atoms. The Morgan fingerprint density at radius 1 is 0.750 bits per heavy atom. The largest absolute Gasteiger partial charge is 0.508 e. The Hall–Kier alpha value is -3.61. The van der Waals surface area contributed by atoms with Crippen LogP contribution in [-0.4, -0.2) is 25.0 Å². The van der Waals surface area contributed by atoms with Crippen LogP contribution in [0.3, 0.4) is 0 Å². The van der Waals surface area contributed by atoms with Gasteiger partial charge >= 0.3 is 0 Å². The summed E-state index contributed by atoms with van der Waals surface area (Å²) < 4.78 is 1.16. The van der Waals surface area contributed by atoms with Gasteiger partial charge in [0.15, 0.2) is 0 Å². The fraction of sp³-hybridized carbons (Fsp3) is 0.115. The Balaban J connectivity index is 1.44. The molecule has 0 spiro atoms. The van der Waals surface area contributed by atoms with Crippen molar-refractivity contribution >= 4 is 21.6 Å². The number of nitrogens with zero attached hydrogens (tertiary/aromatic N) is 4. The summed E-state index contributed by atoms with van der Waals surface area (Å²) in [6, 6.07) is 25.7. The van der Waals surface area contributed by atoms with Crippen molar-refractivity contribution in [1.82, 2.24) is 19.9 Å². The molecule has 5 rings (SSSR count). The van der Waals surface area contributed by atoms with Gasteiger partial charge in [0.05, 0.1) is 21.6 Å². The average Bonchev–Trinajstić information content (AvgIpc) is 3.26. The lowest BCUT2D eigenvalue weighted by molar-refractivity contribution is 0.238. The lowest BCUT2D eigenvalue weighted by Gasteiger charge is -2.22. The molecular weight excluding hydrogens is 416 g/mol. The molecule has 6 heteroatoms. The van der Waals surface area contributed by atoms with Crippen LogP contribution in [0.2, 0.25) is 0 Å². The first-order valence-electron chi connectivity index (χ1n) is 10.4. The minimum absolute atomic E-state index is 0.280. The van der Waals surface area contributed by atoms with Gasteiger partial charge in [0.25, 0.3) is 0 Å². The highest BCUT2D eigenvalue weighted by atomic mass is 32.1. The van der Waals surface area contributed by atoms with E-state index in [4.69, 9.17) is 4.98 Å². The quantitative estimate of drug-likeness (QED) is 0.355. The summed E-state index contributed by atoms with van der Waals surface area (Å²) >= 11 is 1.66. The van der Waals surface area contributed by atoms with E-state index >= 15 is 0 Å². The second-order valence-corrected chi connectivity index (χ2v) is 8.65. The van der Waals surface area contributed by atoms with E-state index in [0.29, 0.717) is 19.6 Å². The van der Waals surface area contributed by atoms with Crippen LogP contribution in [0.1, 0.15) is 17.0 Å². The van der Waals surface area contributed by atoms with Crippen molar-refractivity contribution in [2.45, 2.75) is 19.6 Å². The molecule has 0 fully saturated rings. The van der Waals surface area contributed by atoms with Crippen LogP contribution < -0.4 is 0 Å². The smallest absolute Gasteiger partial charge is 0.124 e. The number of phenols is 1. The zero-order valence-electron chi connectivity index (χ0n) is 17.4. The van der Waals surface area contributed by atoms with Gasteiger partial charge < -0.3 is 5.11 Å². The van der Waals surface area contributed by atoms with Crippen molar-refractivity contribution < 1.29 is 5.11 Å². The van der Waals surface area contributed by atoms with Crippen LogP contribution >= 0.6 is 11.3 Å². The van der Waals surface area contributed by atoms with Gasteiger partial charge in [-0.1, -0.05) is 24.3 Å². The topological polar surface area (TPSA) is 62.1 Å². The third-order valence-corrected chi connectivity index (χ3v) is 6.32. The maximum absolute atomic E-state index is 10.6. The molecule has 0 aliphatic rings. The first kappa shape index (κ1) is 20.3. The van der Waals surface area contributed by atoms with E-state index in [0.717, 1.165) is 37.7 Å². The SMILES string of the molecule is Oc1ccc(-c2nc3ccccc3s2)cc1CN(Cc1ccccn1)Cc1ccccn1. The second kappa shape index (κ2) is 9.26. The summed E-state index contributed by atoms with van der Waals surface area (Å²) in [5.74, 6) is 0.280. The van der Waals surface area contributed by atoms with Gasteiger partial charge in [-0.05, 0) is 54.6 Å². The highest BCUT2D eigenvalue weighted by Gasteiger charge is 2.14. The number of hydrogen-bond acceptors (Lipinski definition) is 6. The van der Waals surface area contributed by atoms with Gasteiger partial charge in [0.2, 0.25) is 0 Å². The Bertz CT molecular complexity index is 1250. The lowest BCUT2D eigenvalue weighted by Crippen LogP contribution is -2.23. The van der Waals surface area contributed by atoms with Crippen LogP contribution in [0, 0.1) is 0 Å². The first-order valence-corrected chi connectivity index (χ1v) is 11.3. The minimum atomic E-state index is 0.280. The third kappa shape index (κ3) is 4.66. The molecular formula is C26H22N4OS. The van der Waals surface area contributed by atoms with E-state index in [1.165, 1.54) is 0 Å². The van der Waals surface area contributed by atoms with Crippen LogP contribution in [-0.2, 0) is 19.6 Å². The van der Waals surface area contributed by atoms with E-state index in [2.05, 4.69) is 20.9 Å². The average molecular weight is 439 g/mol. The predicted octanol–water partition coefficient (Wildman–Crippen LogP) is 5.66. The molecule has 0 aliphatic carbocycles. The van der Waals surface area contributed by atoms with Crippen molar-refractivity contribution in [1.29, 1.82) is 0 Å². The van der Waals surface area contributed by atoms with E-state index < -0.39 is 0 Å². The molecule has 1 N–H and O–H groups in total. The Morgan fingerprint density at radius 2 is 1.44 bits per heavy atom. The van der Waals surface area contributed by atoms with Gasteiger partial charge in [0.1, 0.15) is 10.8 Å². The summed E-state index contributed by atoms with van der Waals surface area (Å²) in [6.07, 6.45) is 3.61. The molecule has 5 aromatic rings. The molecule has 3 aromatic heterocycles. The van der Waals surface area contributed by atoms with Crippen LogP contribution in [0.25, 0.3) is 20.8 Å². The first-order chi connectivity index (χ1) is 15.7. The van der Waals surface area contributed by atoms with Gasteiger partial charge in [-0.3, -0.25) is 14.9 Å². The van der Waals surface area contributed by atoms with Crippen molar-refractivity contribution in [2.24, 2.45) is 0 Å². The van der Waals surface area contributed by atoms with Crippen LogP contribution in [0.5, 0.6) is 5.75 Å². The monoisotopic (exact) mass is 438 g/mol. The van der Waals surface area contributed by atoms with Gasteiger partial charge in [0, 0.05) is 43.2 Å². The number of pyridine rings is 2. The maximum atomic E-state index is 10.6. The number of benzene rings is 2. The lowest BCUT2D eigenvalue weighted by atomic mass is 10.1. The number of aromatic nitrogens is 3. The van der Waals surface area contributed by atoms with Crippen LogP contribution in [0.4, 0.5) is 0 Å². The fourth-order valence-corrected chi connectivity index (χ4v) is 4.65. The highest BCUT2D eigenvalue weighted by molar-refractivity contribution is 7.21. The number of phenolic OH excluding ortho intramolecular Hbond substituents is 1. The molecule has 0 unspecified atom stereocenters. The number of fused-ring (bicyclic) bond motifs is 1. The minimum Gasteiger partial charge on any atom is -0.508 e. The number of rotatable bonds is 7. The molecule has 5 nitrogen and oxygen atoms in total. The van der Waals surface area contributed by atoms with Crippen molar-refractivity contribution in [3.8, 4) is 16.3 Å². The normalized spacial score (nSPS) is 11.3. The molecule has 0 aliphatic heterocycles. The number of thiazole rings is 1. The van der Waals surface area contributed by atoms with Gasteiger partial charge in [-0.2, -0.15) is 0 Å². The summed E-state index contributed by atoms with van der Waals surface area (Å²) in [6.45, 7) is 1.88. The molecule has 0 amide bonds. The number of para-hydroxylation sites is 1. The van der Waals surface area contributed by atoms with Crippen molar-refractivity contribution in [3.63, 3.8) is 0 Å². The molecule has 0 saturated heterocycles. The molecule has 0 saturated carbocycles. The maximum Gasteiger partial charge on any atom is 0.124 e. The third-order valence-electron chi connectivity index (χ3n) is 5.24. The molecule has 2 aromatic carbocycles. The number of hydrogen-bond donors (Lipinski definition) is 1. The fourth-order valence-electron chi connectivity index (χ4n) is 3.69. The highest BCUT2D eigenvalue weighted by Crippen LogP contribution is 2.33. The summed E-state index contributed by atoms with van der Waals surface area (Å²) in [4.78, 5) is 16.0. The van der Waals surface area contributed by atoms with Crippen LogP contribution in [0.15, 0.2) is 91.3 Å².